The molecular weight excluding hydrogens is 449 g/mol. The summed E-state index contributed by atoms with van der Waals surface area (Å²) >= 11 is 1.46. The minimum Gasteiger partial charge on any atom is -0.487 e. The maximum Gasteiger partial charge on any atom is 0.313 e. The first-order valence-corrected chi connectivity index (χ1v) is 12.3. The number of carboxylic acid groups (broad SMARTS) is 1. The van der Waals surface area contributed by atoms with Crippen LogP contribution in [0.2, 0.25) is 0 Å². The smallest absolute Gasteiger partial charge is 0.313 e. The van der Waals surface area contributed by atoms with Crippen LogP contribution in [0.1, 0.15) is 34.9 Å². The zero-order valence-corrected chi connectivity index (χ0v) is 19.5. The normalized spacial score (nSPS) is 11.9. The summed E-state index contributed by atoms with van der Waals surface area (Å²) < 4.78 is 19.2. The number of aliphatic carboxylic acids is 1. The average Bonchev–Trinajstić information content (AvgIpc) is 2.85. The first kappa shape index (κ1) is 23.8. The van der Waals surface area contributed by atoms with Crippen molar-refractivity contribution in [2.24, 2.45) is 0 Å². The molecule has 1 heterocycles. The molecule has 174 valence electrons. The molecule has 0 aliphatic heterocycles. The molecule has 0 bridgehead atoms. The number of hydrogen-bond donors (Lipinski definition) is 1. The molecule has 0 saturated carbocycles. The van der Waals surface area contributed by atoms with Crippen LogP contribution in [-0.4, -0.2) is 21.8 Å². The van der Waals surface area contributed by atoms with Gasteiger partial charge in [0.2, 0.25) is 0 Å². The largest absolute Gasteiger partial charge is 0.487 e. The van der Waals surface area contributed by atoms with E-state index in [0.717, 1.165) is 47.2 Å². The lowest BCUT2D eigenvalue weighted by Crippen LogP contribution is -2.04. The monoisotopic (exact) mass is 475 g/mol. The van der Waals surface area contributed by atoms with Crippen LogP contribution in [0.5, 0.6) is 5.75 Å². The van der Waals surface area contributed by atoms with Gasteiger partial charge in [0, 0.05) is 10.6 Å². The van der Waals surface area contributed by atoms with Crippen molar-refractivity contribution in [3.05, 3.63) is 108 Å². The quantitative estimate of drug-likeness (QED) is 0.257. The summed E-state index contributed by atoms with van der Waals surface area (Å²) in [7, 11) is 0. The van der Waals surface area contributed by atoms with Gasteiger partial charge in [0.1, 0.15) is 18.2 Å². The number of rotatable bonds is 11. The molecule has 0 spiro atoms. The topological polar surface area (TPSA) is 59.4 Å². The van der Waals surface area contributed by atoms with E-state index in [0.29, 0.717) is 6.61 Å². The number of aryl methyl sites for hydroxylation is 1. The Kier molecular flexibility index (Phi) is 8.15. The zero-order valence-electron chi connectivity index (χ0n) is 18.7. The van der Waals surface area contributed by atoms with E-state index in [9.17, 15) is 9.18 Å². The molecule has 0 amide bonds. The fraction of sp³-hybridized carbons (Fsp3) is 0.214. The van der Waals surface area contributed by atoms with Crippen molar-refractivity contribution in [2.75, 3.05) is 5.75 Å². The second-order valence-corrected chi connectivity index (χ2v) is 9.26. The van der Waals surface area contributed by atoms with Crippen molar-refractivity contribution in [3.63, 3.8) is 0 Å². The molecule has 4 rings (SSSR count). The summed E-state index contributed by atoms with van der Waals surface area (Å²) in [5.41, 5.74) is 3.88. The number of carbonyl (C=O) groups is 1. The van der Waals surface area contributed by atoms with E-state index in [1.807, 2.05) is 54.6 Å². The van der Waals surface area contributed by atoms with Crippen molar-refractivity contribution in [3.8, 4) is 5.75 Å². The number of benzene rings is 3. The number of thioether (sulfide) groups is 1. The lowest BCUT2D eigenvalue weighted by Gasteiger charge is -2.17. The van der Waals surface area contributed by atoms with Crippen molar-refractivity contribution in [1.29, 1.82) is 0 Å². The van der Waals surface area contributed by atoms with Crippen molar-refractivity contribution < 1.29 is 19.0 Å². The number of pyridine rings is 1. The Labute approximate surface area is 202 Å². The van der Waals surface area contributed by atoms with Gasteiger partial charge in [-0.15, -0.1) is 11.8 Å². The summed E-state index contributed by atoms with van der Waals surface area (Å²) in [6, 6.07) is 26.4. The van der Waals surface area contributed by atoms with Crippen LogP contribution in [0.3, 0.4) is 0 Å². The molecular formula is C28H26FNO3S. The van der Waals surface area contributed by atoms with E-state index in [2.05, 4.69) is 17.1 Å². The van der Waals surface area contributed by atoms with Crippen LogP contribution < -0.4 is 4.74 Å². The molecule has 1 aromatic heterocycles. The van der Waals surface area contributed by atoms with Gasteiger partial charge in [-0.25, -0.2) is 9.37 Å². The van der Waals surface area contributed by atoms with Crippen LogP contribution in [0, 0.1) is 5.82 Å². The highest BCUT2D eigenvalue weighted by atomic mass is 32.2. The molecule has 3 aromatic carbocycles. The van der Waals surface area contributed by atoms with E-state index in [1.54, 1.807) is 6.07 Å². The molecule has 4 aromatic rings. The van der Waals surface area contributed by atoms with Gasteiger partial charge in [-0.05, 0) is 66.8 Å². The molecule has 0 saturated heterocycles. The summed E-state index contributed by atoms with van der Waals surface area (Å²) in [6.45, 7) is 0.306. The lowest BCUT2D eigenvalue weighted by molar-refractivity contribution is -0.133. The third kappa shape index (κ3) is 6.81. The first-order valence-electron chi connectivity index (χ1n) is 11.2. The second kappa shape index (κ2) is 11.7. The Balaban J connectivity index is 1.36. The summed E-state index contributed by atoms with van der Waals surface area (Å²) in [5, 5.41) is 10.0. The molecule has 1 N–H and O–H groups in total. The Morgan fingerprint density at radius 3 is 2.56 bits per heavy atom. The van der Waals surface area contributed by atoms with Gasteiger partial charge in [0.25, 0.3) is 0 Å². The van der Waals surface area contributed by atoms with Crippen LogP contribution >= 0.6 is 11.8 Å². The Morgan fingerprint density at radius 2 is 1.79 bits per heavy atom. The van der Waals surface area contributed by atoms with Crippen LogP contribution in [0.15, 0.2) is 84.9 Å². The SMILES string of the molecule is O=C(O)CSC(CCCc1ccccc1)c1ccc(OCc2ccc3cc(F)ccc3n2)cc1. The van der Waals surface area contributed by atoms with Crippen molar-refractivity contribution >= 4 is 28.6 Å². The molecule has 0 aliphatic carbocycles. The van der Waals surface area contributed by atoms with E-state index in [1.165, 1.54) is 29.5 Å². The standard InChI is InChI=1S/C28H26FNO3S/c29-23-12-16-26-22(17-23)9-13-24(30-26)18-33-25-14-10-21(11-15-25)27(34-19-28(31)32)8-4-7-20-5-2-1-3-6-20/h1-3,5-6,9-17,27H,4,7-8,18-19H2,(H,31,32). The van der Waals surface area contributed by atoms with Crippen LogP contribution in [0.25, 0.3) is 10.9 Å². The number of halogens is 1. The molecule has 6 heteroatoms. The maximum absolute atomic E-state index is 13.3. The lowest BCUT2D eigenvalue weighted by atomic mass is 10.0. The van der Waals surface area contributed by atoms with Gasteiger partial charge in [0.05, 0.1) is 17.0 Å². The Morgan fingerprint density at radius 1 is 1.00 bits per heavy atom. The fourth-order valence-corrected chi connectivity index (χ4v) is 4.84. The molecule has 34 heavy (non-hydrogen) atoms. The molecule has 1 atom stereocenters. The molecule has 0 aliphatic rings. The Hall–Kier alpha value is -3.38. The molecule has 0 fully saturated rings. The van der Waals surface area contributed by atoms with Gasteiger partial charge < -0.3 is 9.84 Å². The van der Waals surface area contributed by atoms with Crippen LogP contribution in [-0.2, 0) is 17.8 Å². The predicted octanol–water partition coefficient (Wildman–Crippen LogP) is 6.83. The molecule has 4 nitrogen and oxygen atoms in total. The Bertz CT molecular complexity index is 1230. The number of ether oxygens (including phenoxy) is 1. The number of fused-ring (bicyclic) bond motifs is 1. The van der Waals surface area contributed by atoms with E-state index in [4.69, 9.17) is 9.84 Å². The van der Waals surface area contributed by atoms with E-state index < -0.39 is 5.97 Å². The highest BCUT2D eigenvalue weighted by Crippen LogP contribution is 2.34. The van der Waals surface area contributed by atoms with Gasteiger partial charge in [-0.2, -0.15) is 0 Å². The maximum atomic E-state index is 13.3. The van der Waals surface area contributed by atoms with Gasteiger partial charge in [0.15, 0.2) is 0 Å². The number of hydrogen-bond acceptors (Lipinski definition) is 4. The zero-order chi connectivity index (χ0) is 23.8. The second-order valence-electron chi connectivity index (χ2n) is 8.07. The molecule has 0 radical (unpaired) electrons. The third-order valence-electron chi connectivity index (χ3n) is 5.53. The van der Waals surface area contributed by atoms with Crippen molar-refractivity contribution in [2.45, 2.75) is 31.1 Å². The summed E-state index contributed by atoms with van der Waals surface area (Å²) in [5.74, 6) is -0.288. The minimum atomic E-state index is -0.802. The first-order chi connectivity index (χ1) is 16.6. The number of carboxylic acids is 1. The number of aromatic nitrogens is 1. The molecule has 1 unspecified atom stereocenters. The highest BCUT2D eigenvalue weighted by Gasteiger charge is 2.14. The van der Waals surface area contributed by atoms with Gasteiger partial charge in [-0.3, -0.25) is 4.79 Å². The van der Waals surface area contributed by atoms with E-state index >= 15 is 0 Å². The van der Waals surface area contributed by atoms with Gasteiger partial charge in [-0.1, -0.05) is 48.5 Å². The number of nitrogens with zero attached hydrogens (tertiary/aromatic N) is 1. The fourth-order valence-electron chi connectivity index (χ4n) is 3.81. The average molecular weight is 476 g/mol. The minimum absolute atomic E-state index is 0.0752. The summed E-state index contributed by atoms with van der Waals surface area (Å²) in [6.07, 6.45) is 2.85. The predicted molar refractivity (Wildman–Crippen MR) is 135 cm³/mol. The third-order valence-corrected chi connectivity index (χ3v) is 6.85. The van der Waals surface area contributed by atoms with Gasteiger partial charge >= 0.3 is 5.97 Å². The van der Waals surface area contributed by atoms with Crippen molar-refractivity contribution in [1.82, 2.24) is 4.98 Å². The highest BCUT2D eigenvalue weighted by molar-refractivity contribution is 8.00. The van der Waals surface area contributed by atoms with E-state index in [-0.39, 0.29) is 16.8 Å². The summed E-state index contributed by atoms with van der Waals surface area (Å²) in [4.78, 5) is 15.7. The van der Waals surface area contributed by atoms with Crippen LogP contribution in [0.4, 0.5) is 4.39 Å².